The number of hydrogen-bond acceptors (Lipinski definition) is 7. The normalized spacial score (nSPS) is 18.4. The predicted molar refractivity (Wildman–Crippen MR) is 122 cm³/mol. The maximum Gasteiger partial charge on any atom is 0.179 e. The van der Waals surface area contributed by atoms with E-state index >= 15 is 0 Å². The van der Waals surface area contributed by atoms with Gasteiger partial charge in [0, 0.05) is 42.4 Å². The van der Waals surface area contributed by atoms with E-state index < -0.39 is 0 Å². The third-order valence-corrected chi connectivity index (χ3v) is 7.64. The highest BCUT2D eigenvalue weighted by molar-refractivity contribution is 7.99. The molecular weight excluding hydrogens is 408 g/mol. The first kappa shape index (κ1) is 19.0. The van der Waals surface area contributed by atoms with Crippen LogP contribution in [0, 0.1) is 12.3 Å². The molecule has 7 nitrogen and oxygen atoms in total. The Morgan fingerprint density at radius 1 is 1.10 bits per heavy atom. The smallest absolute Gasteiger partial charge is 0.179 e. The molecule has 1 N–H and O–H groups in total. The Kier molecular flexibility index (Phi) is 4.57. The zero-order chi connectivity index (χ0) is 20.8. The summed E-state index contributed by atoms with van der Waals surface area (Å²) in [5, 5.41) is 2.05. The lowest BCUT2D eigenvalue weighted by atomic mass is 9.78. The molecule has 158 valence electrons. The molecule has 2 aliphatic heterocycles. The molecule has 8 heteroatoms. The first-order valence-electron chi connectivity index (χ1n) is 10.8. The van der Waals surface area contributed by atoms with Crippen molar-refractivity contribution in [2.75, 3.05) is 31.2 Å². The SMILES string of the molecule is Cc1c[nH]c2nccc(Sc3ccc4nc(N5CCC6(CCOC6)CC5)cnc4n3)c12. The van der Waals surface area contributed by atoms with Crippen LogP contribution >= 0.6 is 11.8 Å². The summed E-state index contributed by atoms with van der Waals surface area (Å²) in [6.45, 7) is 5.95. The van der Waals surface area contributed by atoms with Gasteiger partial charge >= 0.3 is 0 Å². The lowest BCUT2D eigenvalue weighted by molar-refractivity contribution is 0.133. The number of pyridine rings is 2. The second kappa shape index (κ2) is 7.46. The molecule has 0 atom stereocenters. The highest BCUT2D eigenvalue weighted by Gasteiger charge is 2.38. The lowest BCUT2D eigenvalue weighted by Gasteiger charge is -2.38. The highest BCUT2D eigenvalue weighted by Crippen LogP contribution is 2.40. The van der Waals surface area contributed by atoms with Crippen LogP contribution in [0.3, 0.4) is 0 Å². The van der Waals surface area contributed by atoms with Crippen LogP contribution in [0.1, 0.15) is 24.8 Å². The number of aromatic amines is 1. The summed E-state index contributed by atoms with van der Waals surface area (Å²) in [6.07, 6.45) is 9.21. The number of aromatic nitrogens is 5. The molecule has 0 saturated carbocycles. The fraction of sp³-hybridized carbons (Fsp3) is 0.391. The minimum atomic E-state index is 0.394. The Bertz CT molecular complexity index is 1260. The van der Waals surface area contributed by atoms with Crippen molar-refractivity contribution in [3.05, 3.63) is 42.4 Å². The fourth-order valence-corrected chi connectivity index (χ4v) is 5.70. The summed E-state index contributed by atoms with van der Waals surface area (Å²) >= 11 is 1.63. The van der Waals surface area contributed by atoms with Gasteiger partial charge in [-0.1, -0.05) is 11.8 Å². The van der Waals surface area contributed by atoms with Crippen LogP contribution in [0.2, 0.25) is 0 Å². The van der Waals surface area contributed by atoms with Crippen molar-refractivity contribution >= 4 is 39.8 Å². The maximum atomic E-state index is 5.65. The van der Waals surface area contributed by atoms with Gasteiger partial charge in [-0.15, -0.1) is 0 Å². The van der Waals surface area contributed by atoms with Crippen molar-refractivity contribution in [1.82, 2.24) is 24.9 Å². The first-order valence-corrected chi connectivity index (χ1v) is 11.6. The number of hydrogen-bond donors (Lipinski definition) is 1. The Labute approximate surface area is 184 Å². The van der Waals surface area contributed by atoms with Crippen molar-refractivity contribution in [2.45, 2.75) is 36.1 Å². The molecule has 0 aliphatic carbocycles. The lowest BCUT2D eigenvalue weighted by Crippen LogP contribution is -2.40. The molecule has 4 aromatic rings. The largest absolute Gasteiger partial charge is 0.381 e. The predicted octanol–water partition coefficient (Wildman–Crippen LogP) is 4.37. The number of rotatable bonds is 3. The zero-order valence-electron chi connectivity index (χ0n) is 17.5. The average molecular weight is 433 g/mol. The highest BCUT2D eigenvalue weighted by atomic mass is 32.2. The number of aryl methyl sites for hydroxylation is 1. The van der Waals surface area contributed by atoms with Crippen LogP contribution in [-0.2, 0) is 4.74 Å². The number of piperidine rings is 1. The van der Waals surface area contributed by atoms with E-state index in [1.807, 2.05) is 36.8 Å². The fourth-order valence-electron chi connectivity index (χ4n) is 4.72. The Hall–Kier alpha value is -2.71. The van der Waals surface area contributed by atoms with Gasteiger partial charge in [0.15, 0.2) is 5.65 Å². The first-order chi connectivity index (χ1) is 15.2. The monoisotopic (exact) mass is 432 g/mol. The van der Waals surface area contributed by atoms with Crippen molar-refractivity contribution in [3.63, 3.8) is 0 Å². The number of nitrogens with one attached hydrogen (secondary N) is 1. The summed E-state index contributed by atoms with van der Waals surface area (Å²) in [5.41, 5.74) is 4.00. The van der Waals surface area contributed by atoms with Crippen LogP contribution in [0.5, 0.6) is 0 Å². The van der Waals surface area contributed by atoms with E-state index in [-0.39, 0.29) is 0 Å². The van der Waals surface area contributed by atoms with Gasteiger partial charge in [-0.25, -0.2) is 19.9 Å². The summed E-state index contributed by atoms with van der Waals surface area (Å²) in [5.74, 6) is 0.947. The molecule has 0 radical (unpaired) electrons. The van der Waals surface area contributed by atoms with Gasteiger partial charge in [-0.05, 0) is 55.4 Å². The van der Waals surface area contributed by atoms with Crippen LogP contribution in [-0.4, -0.2) is 51.2 Å². The summed E-state index contributed by atoms with van der Waals surface area (Å²) in [6, 6.07) is 6.09. The number of fused-ring (bicyclic) bond motifs is 2. The topological polar surface area (TPSA) is 79.8 Å². The quantitative estimate of drug-likeness (QED) is 0.515. The van der Waals surface area contributed by atoms with E-state index in [4.69, 9.17) is 14.7 Å². The molecule has 0 amide bonds. The zero-order valence-corrected chi connectivity index (χ0v) is 18.3. The Balaban J connectivity index is 1.23. The molecule has 0 unspecified atom stereocenters. The number of nitrogens with zero attached hydrogens (tertiary/aromatic N) is 5. The van der Waals surface area contributed by atoms with Gasteiger partial charge in [-0.3, -0.25) is 0 Å². The standard InChI is InChI=1S/C23H24N6OS/c1-15-12-25-22-20(15)17(4-8-24-22)31-19-3-2-16-21(28-19)26-13-18(27-16)29-9-5-23(6-10-29)7-11-30-14-23/h2-4,8,12-13H,5-7,9-11,14H2,1H3,(H,24,25). The van der Waals surface area contributed by atoms with E-state index in [9.17, 15) is 0 Å². The second-order valence-electron chi connectivity index (χ2n) is 8.62. The van der Waals surface area contributed by atoms with Crippen LogP contribution in [0.4, 0.5) is 5.82 Å². The molecule has 4 aromatic heterocycles. The van der Waals surface area contributed by atoms with Crippen LogP contribution in [0.25, 0.3) is 22.2 Å². The minimum Gasteiger partial charge on any atom is -0.381 e. The van der Waals surface area contributed by atoms with Gasteiger partial charge in [0.2, 0.25) is 0 Å². The van der Waals surface area contributed by atoms with Crippen LogP contribution in [0.15, 0.2) is 46.7 Å². The van der Waals surface area contributed by atoms with E-state index in [1.165, 1.54) is 24.8 Å². The van der Waals surface area contributed by atoms with Gasteiger partial charge < -0.3 is 14.6 Å². The molecule has 6 heterocycles. The van der Waals surface area contributed by atoms with Crippen molar-refractivity contribution in [1.29, 1.82) is 0 Å². The van der Waals surface area contributed by atoms with Gasteiger partial charge in [0.1, 0.15) is 22.0 Å². The molecular formula is C23H24N6OS. The third kappa shape index (κ3) is 3.43. The molecule has 31 heavy (non-hydrogen) atoms. The molecule has 2 saturated heterocycles. The summed E-state index contributed by atoms with van der Waals surface area (Å²) in [7, 11) is 0. The third-order valence-electron chi connectivity index (χ3n) is 6.65. The molecule has 1 spiro atoms. The van der Waals surface area contributed by atoms with E-state index in [1.54, 1.807) is 11.8 Å². The van der Waals surface area contributed by atoms with E-state index in [0.29, 0.717) is 11.1 Å². The van der Waals surface area contributed by atoms with Gasteiger partial charge in [0.25, 0.3) is 0 Å². The number of anilines is 1. The summed E-state index contributed by atoms with van der Waals surface area (Å²) in [4.78, 5) is 25.4. The molecule has 2 fully saturated rings. The van der Waals surface area contributed by atoms with E-state index in [2.05, 4.69) is 26.8 Å². The second-order valence-corrected chi connectivity index (χ2v) is 9.68. The number of H-pyrrole nitrogens is 1. The maximum absolute atomic E-state index is 5.65. The Morgan fingerprint density at radius 2 is 2.00 bits per heavy atom. The minimum absolute atomic E-state index is 0.394. The molecule has 2 aliphatic rings. The molecule has 0 bridgehead atoms. The Morgan fingerprint density at radius 3 is 2.84 bits per heavy atom. The molecule has 6 rings (SSSR count). The van der Waals surface area contributed by atoms with Crippen LogP contribution < -0.4 is 4.90 Å². The van der Waals surface area contributed by atoms with Crippen molar-refractivity contribution < 1.29 is 4.74 Å². The van der Waals surface area contributed by atoms with Crippen molar-refractivity contribution in [3.8, 4) is 0 Å². The summed E-state index contributed by atoms with van der Waals surface area (Å²) < 4.78 is 5.65. The van der Waals surface area contributed by atoms with Crippen molar-refractivity contribution in [2.24, 2.45) is 5.41 Å². The van der Waals surface area contributed by atoms with Gasteiger partial charge in [-0.2, -0.15) is 0 Å². The molecule has 0 aromatic carbocycles. The average Bonchev–Trinajstić information content (AvgIpc) is 3.41. The van der Waals surface area contributed by atoms with E-state index in [0.717, 1.165) is 58.6 Å². The van der Waals surface area contributed by atoms with Gasteiger partial charge in [0.05, 0.1) is 12.8 Å². The number of ether oxygens (including phenoxy) is 1.